The lowest BCUT2D eigenvalue weighted by atomic mass is 10.00. The summed E-state index contributed by atoms with van der Waals surface area (Å²) in [7, 11) is 0. The zero-order valence-electron chi connectivity index (χ0n) is 10.7. The van der Waals surface area contributed by atoms with Crippen LogP contribution in [-0.2, 0) is 9.59 Å². The Hall–Kier alpha value is -1.95. The number of pyridine rings is 1. The highest BCUT2D eigenvalue weighted by molar-refractivity contribution is 5.79. The van der Waals surface area contributed by atoms with Crippen LogP contribution in [0.5, 0.6) is 0 Å². The molecule has 0 saturated carbocycles. The van der Waals surface area contributed by atoms with Crippen molar-refractivity contribution < 1.29 is 9.59 Å². The highest BCUT2D eigenvalue weighted by atomic mass is 16.2. The Morgan fingerprint density at radius 3 is 3.16 bits per heavy atom. The van der Waals surface area contributed by atoms with E-state index in [9.17, 15) is 9.59 Å². The molecule has 0 spiro atoms. The number of aldehydes is 1. The number of likely N-dealkylation sites (tertiary alicyclic amines) is 1. The van der Waals surface area contributed by atoms with E-state index < -0.39 is 0 Å². The van der Waals surface area contributed by atoms with Gasteiger partial charge in [-0.3, -0.25) is 20.5 Å². The summed E-state index contributed by atoms with van der Waals surface area (Å²) >= 11 is 0. The number of piperidine rings is 1. The van der Waals surface area contributed by atoms with E-state index in [2.05, 4.69) is 15.8 Å². The summed E-state index contributed by atoms with van der Waals surface area (Å²) in [5.74, 6) is 0.530. The van der Waals surface area contributed by atoms with Crippen molar-refractivity contribution in [2.45, 2.75) is 12.8 Å². The van der Waals surface area contributed by atoms with Crippen LogP contribution >= 0.6 is 0 Å². The fourth-order valence-corrected chi connectivity index (χ4v) is 2.16. The van der Waals surface area contributed by atoms with E-state index in [0.29, 0.717) is 18.9 Å². The first-order valence-electron chi connectivity index (χ1n) is 6.41. The van der Waals surface area contributed by atoms with Gasteiger partial charge >= 0.3 is 0 Å². The molecule has 1 fully saturated rings. The maximum absolute atomic E-state index is 11.7. The second kappa shape index (κ2) is 6.84. The molecule has 1 amide bonds. The van der Waals surface area contributed by atoms with Crippen molar-refractivity contribution in [1.29, 1.82) is 0 Å². The molecule has 1 unspecified atom stereocenters. The van der Waals surface area contributed by atoms with Gasteiger partial charge in [-0.2, -0.15) is 0 Å². The summed E-state index contributed by atoms with van der Waals surface area (Å²) < 4.78 is 0. The Labute approximate surface area is 112 Å². The van der Waals surface area contributed by atoms with Gasteiger partial charge in [-0.25, -0.2) is 4.98 Å². The van der Waals surface area contributed by atoms with Crippen molar-refractivity contribution in [2.24, 2.45) is 5.92 Å². The quantitative estimate of drug-likeness (QED) is 0.595. The Kier molecular flexibility index (Phi) is 4.85. The monoisotopic (exact) mass is 262 g/mol. The Morgan fingerprint density at radius 1 is 1.53 bits per heavy atom. The number of carbonyl (C=O) groups is 2. The fraction of sp³-hybridized carbons (Fsp3) is 0.462. The Balaban J connectivity index is 1.73. The third kappa shape index (κ3) is 4.33. The topological polar surface area (TPSA) is 74.3 Å². The predicted molar refractivity (Wildman–Crippen MR) is 71.2 cm³/mol. The van der Waals surface area contributed by atoms with Crippen molar-refractivity contribution in [2.75, 3.05) is 25.1 Å². The number of hydrogen-bond acceptors (Lipinski definition) is 5. The van der Waals surface area contributed by atoms with Crippen LogP contribution in [0, 0.1) is 5.92 Å². The van der Waals surface area contributed by atoms with Crippen molar-refractivity contribution in [3.63, 3.8) is 0 Å². The molecule has 1 atom stereocenters. The second-order valence-corrected chi connectivity index (χ2v) is 4.66. The van der Waals surface area contributed by atoms with E-state index in [1.807, 2.05) is 11.0 Å². The predicted octanol–water partition coefficient (Wildman–Crippen LogP) is 0.436. The zero-order chi connectivity index (χ0) is 13.5. The molecule has 0 bridgehead atoms. The Bertz CT molecular complexity index is 424. The zero-order valence-corrected chi connectivity index (χ0v) is 10.7. The normalized spacial score (nSPS) is 19.7. The number of hydrogen-bond donors (Lipinski definition) is 2. The number of hydrazine groups is 1. The number of rotatable bonds is 5. The molecule has 1 aromatic rings. The van der Waals surface area contributed by atoms with E-state index in [1.54, 1.807) is 18.3 Å². The van der Waals surface area contributed by atoms with Crippen LogP contribution in [0.4, 0.5) is 5.82 Å². The fourth-order valence-electron chi connectivity index (χ4n) is 2.16. The van der Waals surface area contributed by atoms with Crippen LogP contribution in [0.2, 0.25) is 0 Å². The second-order valence-electron chi connectivity index (χ2n) is 4.66. The summed E-state index contributed by atoms with van der Waals surface area (Å²) in [6, 6.07) is 5.41. The van der Waals surface area contributed by atoms with Crippen molar-refractivity contribution in [3.05, 3.63) is 24.4 Å². The van der Waals surface area contributed by atoms with Crippen molar-refractivity contribution >= 4 is 18.0 Å². The summed E-state index contributed by atoms with van der Waals surface area (Å²) in [4.78, 5) is 28.5. The van der Waals surface area contributed by atoms with Gasteiger partial charge in [-0.15, -0.1) is 0 Å². The number of amides is 1. The number of carbonyl (C=O) groups excluding carboxylic acids is 2. The molecule has 2 rings (SSSR count). The molecule has 2 N–H and O–H groups in total. The van der Waals surface area contributed by atoms with Crippen LogP contribution in [0.25, 0.3) is 0 Å². The average molecular weight is 262 g/mol. The molecule has 0 radical (unpaired) electrons. The molecule has 0 aliphatic carbocycles. The smallest absolute Gasteiger partial charge is 0.252 e. The van der Waals surface area contributed by atoms with Crippen LogP contribution < -0.4 is 10.9 Å². The molecule has 6 heteroatoms. The summed E-state index contributed by atoms with van der Waals surface area (Å²) in [6.45, 7) is 1.83. The van der Waals surface area contributed by atoms with Crippen LogP contribution in [0.1, 0.15) is 12.8 Å². The molecule has 6 nitrogen and oxygen atoms in total. The number of nitrogens with one attached hydrogen (secondary N) is 2. The van der Waals surface area contributed by atoms with E-state index >= 15 is 0 Å². The lowest BCUT2D eigenvalue weighted by Gasteiger charge is -2.29. The highest BCUT2D eigenvalue weighted by Crippen LogP contribution is 2.13. The summed E-state index contributed by atoms with van der Waals surface area (Å²) in [6.07, 6.45) is 4.52. The summed E-state index contributed by atoms with van der Waals surface area (Å²) in [5, 5.41) is 0. The molecule has 0 aromatic carbocycles. The molecule has 19 heavy (non-hydrogen) atoms. The van der Waals surface area contributed by atoms with Gasteiger partial charge < -0.3 is 4.79 Å². The van der Waals surface area contributed by atoms with E-state index in [-0.39, 0.29) is 11.8 Å². The van der Waals surface area contributed by atoms with E-state index in [4.69, 9.17) is 0 Å². The van der Waals surface area contributed by atoms with Gasteiger partial charge in [-0.1, -0.05) is 6.07 Å². The molecular formula is C13H18N4O2. The maximum atomic E-state index is 11.7. The lowest BCUT2D eigenvalue weighted by Crippen LogP contribution is -2.44. The van der Waals surface area contributed by atoms with Gasteiger partial charge in [-0.05, 0) is 31.5 Å². The first kappa shape index (κ1) is 13.5. The van der Waals surface area contributed by atoms with Gasteiger partial charge in [0.15, 0.2) is 0 Å². The molecule has 1 aliphatic heterocycles. The van der Waals surface area contributed by atoms with Gasteiger partial charge in [0, 0.05) is 18.7 Å². The number of anilines is 1. The van der Waals surface area contributed by atoms with Gasteiger partial charge in [0.25, 0.3) is 5.91 Å². The highest BCUT2D eigenvalue weighted by Gasteiger charge is 2.20. The minimum Gasteiger partial charge on any atom is -0.303 e. The molecular weight excluding hydrogens is 244 g/mol. The average Bonchev–Trinajstić information content (AvgIpc) is 2.46. The Morgan fingerprint density at radius 2 is 2.42 bits per heavy atom. The third-order valence-corrected chi connectivity index (χ3v) is 3.10. The van der Waals surface area contributed by atoms with Gasteiger partial charge in [0.05, 0.1) is 6.54 Å². The number of aromatic nitrogens is 1. The lowest BCUT2D eigenvalue weighted by molar-refractivity contribution is -0.123. The largest absolute Gasteiger partial charge is 0.303 e. The molecule has 1 aliphatic rings. The maximum Gasteiger partial charge on any atom is 0.252 e. The first-order valence-corrected chi connectivity index (χ1v) is 6.41. The molecule has 102 valence electrons. The SMILES string of the molecule is O=CC1CCCN(CC(=O)NNc2ccccn2)C1. The minimum atomic E-state index is -0.128. The van der Waals surface area contributed by atoms with E-state index in [0.717, 1.165) is 25.7 Å². The van der Waals surface area contributed by atoms with Gasteiger partial charge in [0.2, 0.25) is 0 Å². The van der Waals surface area contributed by atoms with Crippen LogP contribution in [0.3, 0.4) is 0 Å². The van der Waals surface area contributed by atoms with Crippen LogP contribution in [-0.4, -0.2) is 41.7 Å². The summed E-state index contributed by atoms with van der Waals surface area (Å²) in [5.41, 5.74) is 5.35. The molecule has 1 aromatic heterocycles. The molecule has 1 saturated heterocycles. The number of nitrogens with zero attached hydrogens (tertiary/aromatic N) is 2. The standard InChI is InChI=1S/C13H18N4O2/c18-10-11-4-3-7-17(8-11)9-13(19)16-15-12-5-1-2-6-14-12/h1-2,5-6,10-11H,3-4,7-9H2,(H,14,15)(H,16,19). The van der Waals surface area contributed by atoms with Crippen molar-refractivity contribution in [1.82, 2.24) is 15.3 Å². The minimum absolute atomic E-state index is 0.0605. The molecule has 2 heterocycles. The third-order valence-electron chi connectivity index (χ3n) is 3.10. The first-order chi connectivity index (χ1) is 9.28. The van der Waals surface area contributed by atoms with Gasteiger partial charge in [0.1, 0.15) is 12.1 Å². The van der Waals surface area contributed by atoms with Crippen molar-refractivity contribution in [3.8, 4) is 0 Å². The van der Waals surface area contributed by atoms with Crippen LogP contribution in [0.15, 0.2) is 24.4 Å². The van der Waals surface area contributed by atoms with E-state index in [1.165, 1.54) is 0 Å².